The Morgan fingerprint density at radius 2 is 1.50 bits per heavy atom. The highest BCUT2D eigenvalue weighted by Crippen LogP contribution is 2.41. The fraction of sp³-hybridized carbons (Fsp3) is 0.357. The largest absolute Gasteiger partial charge is 0.417 e. The first-order valence-corrected chi connectivity index (χ1v) is 6.40. The molecule has 1 unspecified atom stereocenters. The standard InChI is InChI=1S/C14H8F9N/c15-12(16,17)7-1-3-9(10(5-7)14(21,22)23)11-4-2-8(6-24-11)13(18,19)20/h1,3-6,8H,2H2. The summed E-state index contributed by atoms with van der Waals surface area (Å²) in [6, 6.07) is 0.904. The molecule has 0 bridgehead atoms. The van der Waals surface area contributed by atoms with Crippen molar-refractivity contribution in [1.29, 1.82) is 0 Å². The van der Waals surface area contributed by atoms with Gasteiger partial charge in [0.2, 0.25) is 0 Å². The molecule has 132 valence electrons. The molecule has 1 aromatic rings. The molecule has 1 nitrogen and oxygen atoms in total. The van der Waals surface area contributed by atoms with Crippen molar-refractivity contribution in [2.75, 3.05) is 0 Å². The Balaban J connectivity index is 2.45. The van der Waals surface area contributed by atoms with E-state index in [1.54, 1.807) is 0 Å². The number of halogens is 9. The van der Waals surface area contributed by atoms with Crippen molar-refractivity contribution in [2.24, 2.45) is 10.9 Å². The van der Waals surface area contributed by atoms with Crippen molar-refractivity contribution < 1.29 is 39.5 Å². The molecule has 0 spiro atoms. The third kappa shape index (κ3) is 3.90. The molecular weight excluding hydrogens is 353 g/mol. The number of nitrogens with zero attached hydrogens (tertiary/aromatic N) is 1. The van der Waals surface area contributed by atoms with Crippen LogP contribution in [0, 0.1) is 5.92 Å². The lowest BCUT2D eigenvalue weighted by Gasteiger charge is -2.20. The summed E-state index contributed by atoms with van der Waals surface area (Å²) in [7, 11) is 0. The lowest BCUT2D eigenvalue weighted by atomic mass is 9.96. The average molecular weight is 361 g/mol. The van der Waals surface area contributed by atoms with E-state index < -0.39 is 53.3 Å². The number of aliphatic imine (C=N–C) groups is 1. The van der Waals surface area contributed by atoms with Gasteiger partial charge in [0.1, 0.15) is 0 Å². The minimum atomic E-state index is -5.12. The van der Waals surface area contributed by atoms with Crippen LogP contribution in [0.3, 0.4) is 0 Å². The summed E-state index contributed by atoms with van der Waals surface area (Å²) < 4.78 is 114. The molecule has 1 aliphatic heterocycles. The van der Waals surface area contributed by atoms with Gasteiger partial charge in [0, 0.05) is 11.8 Å². The van der Waals surface area contributed by atoms with Crippen LogP contribution in [0.1, 0.15) is 23.1 Å². The van der Waals surface area contributed by atoms with Crippen molar-refractivity contribution in [1.82, 2.24) is 0 Å². The number of alkyl halides is 9. The SMILES string of the molecule is FC(F)(F)c1ccc(C2=CCC(C(F)(F)F)C=N2)c(C(F)(F)F)c1. The maximum Gasteiger partial charge on any atom is 0.417 e. The molecule has 0 saturated carbocycles. The van der Waals surface area contributed by atoms with Crippen LogP contribution in [-0.4, -0.2) is 12.4 Å². The number of hydrogen-bond acceptors (Lipinski definition) is 1. The van der Waals surface area contributed by atoms with Crippen LogP contribution in [-0.2, 0) is 12.4 Å². The molecule has 0 fully saturated rings. The summed E-state index contributed by atoms with van der Waals surface area (Å²) in [5.41, 5.74) is -4.26. The van der Waals surface area contributed by atoms with E-state index >= 15 is 0 Å². The van der Waals surface area contributed by atoms with E-state index in [4.69, 9.17) is 0 Å². The number of rotatable bonds is 1. The molecule has 24 heavy (non-hydrogen) atoms. The predicted octanol–water partition coefficient (Wildman–Crippen LogP) is 5.72. The molecule has 2 rings (SSSR count). The fourth-order valence-electron chi connectivity index (χ4n) is 2.10. The second-order valence-corrected chi connectivity index (χ2v) is 5.01. The van der Waals surface area contributed by atoms with Crippen molar-refractivity contribution in [3.8, 4) is 0 Å². The monoisotopic (exact) mass is 361 g/mol. The molecule has 10 heteroatoms. The van der Waals surface area contributed by atoms with Crippen LogP contribution in [0.2, 0.25) is 0 Å². The molecule has 1 aliphatic rings. The van der Waals surface area contributed by atoms with Crippen LogP contribution >= 0.6 is 0 Å². The molecule has 0 saturated heterocycles. The summed E-state index contributed by atoms with van der Waals surface area (Å²) in [5, 5.41) is 0. The lowest BCUT2D eigenvalue weighted by molar-refractivity contribution is -0.153. The van der Waals surface area contributed by atoms with Gasteiger partial charge in [0.05, 0.1) is 22.7 Å². The molecule has 1 heterocycles. The molecular formula is C14H8F9N. The zero-order valence-electron chi connectivity index (χ0n) is 11.5. The second kappa shape index (κ2) is 5.82. The summed E-state index contributed by atoms with van der Waals surface area (Å²) in [6.07, 6.45) is -14.1. The highest BCUT2D eigenvalue weighted by atomic mass is 19.4. The lowest BCUT2D eigenvalue weighted by Crippen LogP contribution is -2.25. The van der Waals surface area contributed by atoms with Crippen LogP contribution in [0.25, 0.3) is 5.70 Å². The molecule has 1 atom stereocenters. The average Bonchev–Trinajstić information content (AvgIpc) is 2.44. The highest BCUT2D eigenvalue weighted by Gasteiger charge is 2.41. The highest BCUT2D eigenvalue weighted by molar-refractivity contribution is 5.79. The third-order valence-corrected chi connectivity index (χ3v) is 3.31. The smallest absolute Gasteiger partial charge is 0.260 e. The van der Waals surface area contributed by atoms with E-state index in [2.05, 4.69) is 4.99 Å². The van der Waals surface area contributed by atoms with Gasteiger partial charge in [-0.15, -0.1) is 0 Å². The Labute approximate surface area is 129 Å². The summed E-state index contributed by atoms with van der Waals surface area (Å²) in [5.74, 6) is -1.94. The van der Waals surface area contributed by atoms with Gasteiger partial charge in [-0.2, -0.15) is 39.5 Å². The van der Waals surface area contributed by atoms with Crippen LogP contribution in [0.15, 0.2) is 29.3 Å². The molecule has 0 aromatic heterocycles. The fourth-order valence-corrected chi connectivity index (χ4v) is 2.10. The number of hydrogen-bond donors (Lipinski definition) is 0. The van der Waals surface area contributed by atoms with E-state index in [-0.39, 0.29) is 6.07 Å². The van der Waals surface area contributed by atoms with Gasteiger partial charge >= 0.3 is 18.5 Å². The Morgan fingerprint density at radius 3 is 1.92 bits per heavy atom. The van der Waals surface area contributed by atoms with Crippen molar-refractivity contribution in [2.45, 2.75) is 24.9 Å². The van der Waals surface area contributed by atoms with Gasteiger partial charge in [0.15, 0.2) is 0 Å². The van der Waals surface area contributed by atoms with Crippen molar-refractivity contribution >= 4 is 11.9 Å². The van der Waals surface area contributed by atoms with E-state index in [0.29, 0.717) is 18.3 Å². The van der Waals surface area contributed by atoms with Crippen molar-refractivity contribution in [3.63, 3.8) is 0 Å². The maximum absolute atomic E-state index is 13.0. The minimum absolute atomic E-state index is 0.0818. The summed E-state index contributed by atoms with van der Waals surface area (Å²) >= 11 is 0. The summed E-state index contributed by atoms with van der Waals surface area (Å²) in [4.78, 5) is 3.35. The van der Waals surface area contributed by atoms with Gasteiger partial charge in [0.25, 0.3) is 0 Å². The predicted molar refractivity (Wildman–Crippen MR) is 67.1 cm³/mol. The first-order chi connectivity index (χ1) is 10.8. The van der Waals surface area contributed by atoms with Gasteiger partial charge in [-0.3, -0.25) is 4.99 Å². The van der Waals surface area contributed by atoms with Crippen molar-refractivity contribution in [3.05, 3.63) is 41.0 Å². The normalized spacial score (nSPS) is 19.4. The number of benzene rings is 1. The third-order valence-electron chi connectivity index (χ3n) is 3.31. The maximum atomic E-state index is 13.0. The first kappa shape index (κ1) is 18.3. The van der Waals surface area contributed by atoms with Crippen LogP contribution in [0.5, 0.6) is 0 Å². The topological polar surface area (TPSA) is 12.4 Å². The van der Waals surface area contributed by atoms with Gasteiger partial charge in [-0.1, -0.05) is 12.1 Å². The van der Waals surface area contributed by atoms with E-state index in [1.807, 2.05) is 0 Å². The molecule has 0 radical (unpaired) electrons. The van der Waals surface area contributed by atoms with Gasteiger partial charge in [-0.05, 0) is 18.6 Å². The minimum Gasteiger partial charge on any atom is -0.260 e. The molecule has 0 aliphatic carbocycles. The van der Waals surface area contributed by atoms with E-state index in [9.17, 15) is 39.5 Å². The number of allylic oxidation sites excluding steroid dienone is 1. The van der Waals surface area contributed by atoms with E-state index in [1.165, 1.54) is 0 Å². The molecule has 0 N–H and O–H groups in total. The summed E-state index contributed by atoms with van der Waals surface area (Å²) in [6.45, 7) is 0. The Hall–Kier alpha value is -2.00. The Morgan fingerprint density at radius 1 is 0.875 bits per heavy atom. The van der Waals surface area contributed by atoms with Gasteiger partial charge < -0.3 is 0 Å². The zero-order chi connectivity index (χ0) is 18.3. The Bertz CT molecular complexity index is 677. The second-order valence-electron chi connectivity index (χ2n) is 5.01. The van der Waals surface area contributed by atoms with E-state index in [0.717, 1.165) is 6.08 Å². The van der Waals surface area contributed by atoms with Crippen LogP contribution < -0.4 is 0 Å². The molecule has 1 aromatic carbocycles. The molecule has 0 amide bonds. The first-order valence-electron chi connectivity index (χ1n) is 6.40. The van der Waals surface area contributed by atoms with Crippen LogP contribution in [0.4, 0.5) is 39.5 Å². The zero-order valence-corrected chi connectivity index (χ0v) is 11.5. The van der Waals surface area contributed by atoms with Gasteiger partial charge in [-0.25, -0.2) is 0 Å². The quantitative estimate of drug-likeness (QED) is 0.568. The Kier molecular flexibility index (Phi) is 4.45.